The first-order chi connectivity index (χ1) is 7.20. The van der Waals surface area contributed by atoms with Crippen LogP contribution in [0.15, 0.2) is 0 Å². The van der Waals surface area contributed by atoms with Crippen LogP contribution in [0.4, 0.5) is 13.2 Å². The number of carboxylic acid groups (broad SMARTS) is 1. The summed E-state index contributed by atoms with van der Waals surface area (Å²) in [7, 11) is 0. The largest absolute Gasteiger partial charge is 0.481 e. The van der Waals surface area contributed by atoms with Gasteiger partial charge >= 0.3 is 12.1 Å². The zero-order valence-electron chi connectivity index (χ0n) is 9.71. The molecule has 1 N–H and O–H groups in total. The lowest BCUT2D eigenvalue weighted by atomic mass is 10.1. The number of rotatable bonds is 6. The van der Waals surface area contributed by atoms with Gasteiger partial charge in [-0.2, -0.15) is 13.2 Å². The van der Waals surface area contributed by atoms with Crippen LogP contribution in [0.2, 0.25) is 0 Å². The maximum absolute atomic E-state index is 12.7. The fourth-order valence-corrected chi connectivity index (χ4v) is 1.62. The van der Waals surface area contributed by atoms with Crippen molar-refractivity contribution in [3.63, 3.8) is 0 Å². The molecule has 0 fully saturated rings. The number of alkyl halides is 3. The van der Waals surface area contributed by atoms with Gasteiger partial charge in [-0.3, -0.25) is 9.69 Å². The van der Waals surface area contributed by atoms with Crippen molar-refractivity contribution in [3.8, 4) is 0 Å². The van der Waals surface area contributed by atoms with Gasteiger partial charge in [0.2, 0.25) is 0 Å². The zero-order chi connectivity index (χ0) is 12.9. The third-order valence-electron chi connectivity index (χ3n) is 2.29. The summed E-state index contributed by atoms with van der Waals surface area (Å²) in [6.07, 6.45) is -4.84. The van der Waals surface area contributed by atoms with Crippen LogP contribution >= 0.6 is 0 Å². The summed E-state index contributed by atoms with van der Waals surface area (Å²) in [4.78, 5) is 11.6. The van der Waals surface area contributed by atoms with Gasteiger partial charge in [-0.05, 0) is 26.8 Å². The van der Waals surface area contributed by atoms with Crippen LogP contribution in [0, 0.1) is 0 Å². The van der Waals surface area contributed by atoms with Crippen LogP contribution in [0.25, 0.3) is 0 Å². The van der Waals surface area contributed by atoms with E-state index in [1.807, 2.05) is 0 Å². The van der Waals surface area contributed by atoms with Gasteiger partial charge in [-0.1, -0.05) is 6.92 Å². The number of hydrogen-bond acceptors (Lipinski definition) is 2. The van der Waals surface area contributed by atoms with E-state index in [2.05, 4.69) is 0 Å². The van der Waals surface area contributed by atoms with Gasteiger partial charge in [-0.15, -0.1) is 0 Å². The molecule has 0 rings (SSSR count). The van der Waals surface area contributed by atoms with Gasteiger partial charge in [0, 0.05) is 6.04 Å². The van der Waals surface area contributed by atoms with Crippen molar-refractivity contribution in [1.82, 2.24) is 4.90 Å². The molecule has 1 unspecified atom stereocenters. The quantitative estimate of drug-likeness (QED) is 0.776. The zero-order valence-corrected chi connectivity index (χ0v) is 9.71. The first kappa shape index (κ1) is 15.2. The van der Waals surface area contributed by atoms with Gasteiger partial charge in [0.15, 0.2) is 0 Å². The summed E-state index contributed by atoms with van der Waals surface area (Å²) < 4.78 is 38.1. The second-order valence-corrected chi connectivity index (χ2v) is 3.99. The molecular weight excluding hydrogens is 223 g/mol. The van der Waals surface area contributed by atoms with Crippen molar-refractivity contribution in [2.45, 2.75) is 51.9 Å². The van der Waals surface area contributed by atoms with Crippen LogP contribution in [-0.4, -0.2) is 40.8 Å². The molecule has 1 atom stereocenters. The van der Waals surface area contributed by atoms with Crippen LogP contribution in [0.3, 0.4) is 0 Å². The third kappa shape index (κ3) is 4.83. The lowest BCUT2D eigenvalue weighted by Crippen LogP contribution is -2.50. The summed E-state index contributed by atoms with van der Waals surface area (Å²) in [5.41, 5.74) is 0. The predicted molar refractivity (Wildman–Crippen MR) is 54.2 cm³/mol. The molecule has 0 aliphatic carbocycles. The molecule has 0 saturated heterocycles. The molecule has 96 valence electrons. The van der Waals surface area contributed by atoms with Gasteiger partial charge < -0.3 is 5.11 Å². The van der Waals surface area contributed by atoms with E-state index in [1.54, 1.807) is 20.8 Å². The highest BCUT2D eigenvalue weighted by atomic mass is 19.4. The van der Waals surface area contributed by atoms with E-state index in [-0.39, 0.29) is 12.6 Å². The van der Waals surface area contributed by atoms with Crippen molar-refractivity contribution in [3.05, 3.63) is 0 Å². The highest BCUT2D eigenvalue weighted by Gasteiger charge is 2.45. The van der Waals surface area contributed by atoms with E-state index in [1.165, 1.54) is 4.90 Å². The average molecular weight is 241 g/mol. The Kier molecular flexibility index (Phi) is 5.78. The van der Waals surface area contributed by atoms with Crippen LogP contribution in [-0.2, 0) is 4.79 Å². The second-order valence-electron chi connectivity index (χ2n) is 3.99. The smallest absolute Gasteiger partial charge is 0.404 e. The minimum Gasteiger partial charge on any atom is -0.481 e. The van der Waals surface area contributed by atoms with Gasteiger partial charge in [-0.25, -0.2) is 0 Å². The number of aliphatic carboxylic acids is 1. The van der Waals surface area contributed by atoms with E-state index in [0.717, 1.165) is 0 Å². The molecule has 3 nitrogen and oxygen atoms in total. The monoisotopic (exact) mass is 241 g/mol. The molecular formula is C10H18F3NO2. The summed E-state index contributed by atoms with van der Waals surface area (Å²) >= 11 is 0. The van der Waals surface area contributed by atoms with Crippen molar-refractivity contribution >= 4 is 5.97 Å². The molecule has 0 radical (unpaired) electrons. The molecule has 0 aliphatic rings. The molecule has 0 aromatic rings. The van der Waals surface area contributed by atoms with Gasteiger partial charge in [0.25, 0.3) is 0 Å². The molecule has 0 spiro atoms. The Morgan fingerprint density at radius 3 is 2.12 bits per heavy atom. The van der Waals surface area contributed by atoms with E-state index >= 15 is 0 Å². The number of hydrogen-bond donors (Lipinski definition) is 1. The number of carboxylic acids is 1. The van der Waals surface area contributed by atoms with Crippen molar-refractivity contribution in [2.75, 3.05) is 6.54 Å². The molecule has 16 heavy (non-hydrogen) atoms. The molecule has 0 bridgehead atoms. The van der Waals surface area contributed by atoms with Gasteiger partial charge in [0.05, 0.1) is 6.42 Å². The Hall–Kier alpha value is -0.780. The van der Waals surface area contributed by atoms with E-state index < -0.39 is 24.6 Å². The Balaban J connectivity index is 4.88. The molecule has 0 aromatic heterocycles. The lowest BCUT2D eigenvalue weighted by Gasteiger charge is -2.35. The topological polar surface area (TPSA) is 40.5 Å². The minimum absolute atomic E-state index is 0.245. The highest BCUT2D eigenvalue weighted by molar-refractivity contribution is 5.67. The summed E-state index contributed by atoms with van der Waals surface area (Å²) in [5, 5.41) is 8.52. The standard InChI is InChI=1S/C10H18F3NO2/c1-4-5-14(7(2)3)8(6-9(15)16)10(11,12)13/h7-8H,4-6H2,1-3H3,(H,15,16). The maximum Gasteiger partial charge on any atom is 0.404 e. The SMILES string of the molecule is CCCN(C(C)C)C(CC(=O)O)C(F)(F)F. The molecule has 0 saturated carbocycles. The first-order valence-electron chi connectivity index (χ1n) is 5.24. The summed E-state index contributed by atoms with van der Waals surface area (Å²) in [6.45, 7) is 5.28. The maximum atomic E-state index is 12.7. The van der Waals surface area contributed by atoms with Gasteiger partial charge in [0.1, 0.15) is 6.04 Å². The average Bonchev–Trinajstić information content (AvgIpc) is 2.08. The van der Waals surface area contributed by atoms with Crippen molar-refractivity contribution < 1.29 is 23.1 Å². The Morgan fingerprint density at radius 1 is 1.38 bits per heavy atom. The number of nitrogens with zero attached hydrogens (tertiary/aromatic N) is 1. The lowest BCUT2D eigenvalue weighted by molar-refractivity contribution is -0.194. The highest BCUT2D eigenvalue weighted by Crippen LogP contribution is 2.28. The fourth-order valence-electron chi connectivity index (χ4n) is 1.62. The van der Waals surface area contributed by atoms with Crippen molar-refractivity contribution in [2.24, 2.45) is 0 Å². The molecule has 0 amide bonds. The van der Waals surface area contributed by atoms with Crippen molar-refractivity contribution in [1.29, 1.82) is 0 Å². The Bertz CT molecular complexity index is 229. The molecule has 6 heteroatoms. The Labute approximate surface area is 93.2 Å². The first-order valence-corrected chi connectivity index (χ1v) is 5.24. The Morgan fingerprint density at radius 2 is 1.88 bits per heavy atom. The van der Waals surface area contributed by atoms with Crippen LogP contribution < -0.4 is 0 Å². The third-order valence-corrected chi connectivity index (χ3v) is 2.29. The minimum atomic E-state index is -4.50. The normalized spacial score (nSPS) is 14.5. The second kappa shape index (κ2) is 6.08. The molecule has 0 aromatic carbocycles. The number of halogens is 3. The molecule has 0 aliphatic heterocycles. The molecule has 0 heterocycles. The summed E-state index contributed by atoms with van der Waals surface area (Å²) in [5.74, 6) is -1.43. The predicted octanol–water partition coefficient (Wildman–Crippen LogP) is 2.51. The number of carbonyl (C=O) groups is 1. The van der Waals surface area contributed by atoms with E-state index in [9.17, 15) is 18.0 Å². The fraction of sp³-hybridized carbons (Fsp3) is 0.900. The van der Waals surface area contributed by atoms with E-state index in [4.69, 9.17) is 5.11 Å². The van der Waals surface area contributed by atoms with Crippen LogP contribution in [0.1, 0.15) is 33.6 Å². The summed E-state index contributed by atoms with van der Waals surface area (Å²) in [6, 6.07) is -2.23. The van der Waals surface area contributed by atoms with Crippen LogP contribution in [0.5, 0.6) is 0 Å². The van der Waals surface area contributed by atoms with E-state index in [0.29, 0.717) is 6.42 Å².